The number of hydrogen-bond donors (Lipinski definition) is 2. The molecule has 0 saturated carbocycles. The van der Waals surface area contributed by atoms with Crippen LogP contribution in [0, 0.1) is 10.8 Å². The van der Waals surface area contributed by atoms with Crippen LogP contribution in [0.3, 0.4) is 0 Å². The monoisotopic (exact) mass is 286 g/mol. The van der Waals surface area contributed by atoms with E-state index in [-0.39, 0.29) is 11.3 Å². The summed E-state index contributed by atoms with van der Waals surface area (Å²) in [4.78, 5) is 5.80. The molecule has 0 aliphatic carbocycles. The summed E-state index contributed by atoms with van der Waals surface area (Å²) >= 11 is 0. The summed E-state index contributed by atoms with van der Waals surface area (Å²) in [6.45, 7) is 3.20. The number of piperidine rings is 1. The molecule has 0 bridgehead atoms. The van der Waals surface area contributed by atoms with Crippen molar-refractivity contribution in [3.8, 4) is 0 Å². The van der Waals surface area contributed by atoms with E-state index in [1.807, 2.05) is 11.8 Å². The standard InChI is InChI=1S/C13H17F3N4/c1-12(11(17)18)4-6-20(7-5-12)10-3-2-9(8-19-10)13(14,15)16/h2-3,8H,4-7H2,1H3,(H3,17,18). The van der Waals surface area contributed by atoms with E-state index < -0.39 is 11.7 Å². The van der Waals surface area contributed by atoms with Gasteiger partial charge in [0.1, 0.15) is 5.82 Å². The van der Waals surface area contributed by atoms with Gasteiger partial charge in [0.15, 0.2) is 0 Å². The smallest absolute Gasteiger partial charge is 0.387 e. The third-order valence-corrected chi connectivity index (χ3v) is 3.92. The third-order valence-electron chi connectivity index (χ3n) is 3.92. The van der Waals surface area contributed by atoms with E-state index in [2.05, 4.69) is 4.98 Å². The van der Waals surface area contributed by atoms with Crippen LogP contribution in [0.5, 0.6) is 0 Å². The average molecular weight is 286 g/mol. The highest BCUT2D eigenvalue weighted by Crippen LogP contribution is 2.33. The molecular weight excluding hydrogens is 269 g/mol. The molecule has 7 heteroatoms. The molecule has 1 saturated heterocycles. The number of nitrogens with one attached hydrogen (secondary N) is 1. The lowest BCUT2D eigenvalue weighted by molar-refractivity contribution is -0.137. The summed E-state index contributed by atoms with van der Waals surface area (Å²) in [5, 5.41) is 7.57. The maximum atomic E-state index is 12.5. The van der Waals surface area contributed by atoms with Gasteiger partial charge in [-0.1, -0.05) is 6.92 Å². The van der Waals surface area contributed by atoms with E-state index in [1.54, 1.807) is 0 Å². The first-order chi connectivity index (χ1) is 9.22. The van der Waals surface area contributed by atoms with Crippen molar-refractivity contribution in [2.45, 2.75) is 25.9 Å². The maximum absolute atomic E-state index is 12.5. The molecule has 1 aromatic heterocycles. The lowest BCUT2D eigenvalue weighted by Gasteiger charge is -2.39. The van der Waals surface area contributed by atoms with Crippen molar-refractivity contribution in [3.63, 3.8) is 0 Å². The zero-order chi connectivity index (χ0) is 15.0. The van der Waals surface area contributed by atoms with Gasteiger partial charge in [0, 0.05) is 24.7 Å². The Bertz CT molecular complexity index is 487. The van der Waals surface area contributed by atoms with E-state index in [0.717, 1.165) is 12.3 Å². The quantitative estimate of drug-likeness (QED) is 0.649. The topological polar surface area (TPSA) is 66.0 Å². The molecular formula is C13H17F3N4. The van der Waals surface area contributed by atoms with Gasteiger partial charge in [0.2, 0.25) is 0 Å². The van der Waals surface area contributed by atoms with Crippen LogP contribution < -0.4 is 10.6 Å². The van der Waals surface area contributed by atoms with Crippen LogP contribution >= 0.6 is 0 Å². The summed E-state index contributed by atoms with van der Waals surface area (Å²) in [5.41, 5.74) is 4.52. The van der Waals surface area contributed by atoms with Gasteiger partial charge in [-0.3, -0.25) is 5.41 Å². The lowest BCUT2D eigenvalue weighted by Crippen LogP contribution is -2.45. The highest BCUT2D eigenvalue weighted by atomic mass is 19.4. The van der Waals surface area contributed by atoms with Crippen LogP contribution in [0.1, 0.15) is 25.3 Å². The van der Waals surface area contributed by atoms with Crippen LogP contribution in [0.2, 0.25) is 0 Å². The Labute approximate surface area is 115 Å². The number of anilines is 1. The molecule has 1 aliphatic rings. The first kappa shape index (κ1) is 14.6. The average Bonchev–Trinajstić information content (AvgIpc) is 2.38. The Hall–Kier alpha value is -1.79. The summed E-state index contributed by atoms with van der Waals surface area (Å²) in [7, 11) is 0. The molecule has 1 aliphatic heterocycles. The van der Waals surface area contributed by atoms with Gasteiger partial charge < -0.3 is 10.6 Å². The molecule has 20 heavy (non-hydrogen) atoms. The Kier molecular flexibility index (Phi) is 3.62. The number of halogens is 3. The van der Waals surface area contributed by atoms with Crippen molar-refractivity contribution in [1.82, 2.24) is 4.98 Å². The molecule has 1 fully saturated rings. The largest absolute Gasteiger partial charge is 0.417 e. The van der Waals surface area contributed by atoms with Gasteiger partial charge in [0.05, 0.1) is 11.4 Å². The van der Waals surface area contributed by atoms with Gasteiger partial charge in [-0.2, -0.15) is 13.2 Å². The highest BCUT2D eigenvalue weighted by Gasteiger charge is 2.34. The number of nitrogens with zero attached hydrogens (tertiary/aromatic N) is 2. The highest BCUT2D eigenvalue weighted by molar-refractivity contribution is 5.83. The van der Waals surface area contributed by atoms with Gasteiger partial charge in [0.25, 0.3) is 0 Å². The van der Waals surface area contributed by atoms with Crippen molar-refractivity contribution in [2.75, 3.05) is 18.0 Å². The van der Waals surface area contributed by atoms with E-state index in [0.29, 0.717) is 31.7 Å². The van der Waals surface area contributed by atoms with Crippen LogP contribution in [0.25, 0.3) is 0 Å². The molecule has 0 atom stereocenters. The summed E-state index contributed by atoms with van der Waals surface area (Å²) < 4.78 is 37.4. The number of pyridine rings is 1. The molecule has 0 spiro atoms. The predicted molar refractivity (Wildman–Crippen MR) is 70.7 cm³/mol. The SMILES string of the molecule is CC1(C(=N)N)CCN(c2ccc(C(F)(F)F)cn2)CC1. The van der Waals surface area contributed by atoms with Crippen LogP contribution in [-0.2, 0) is 6.18 Å². The zero-order valence-corrected chi connectivity index (χ0v) is 11.2. The number of hydrogen-bond acceptors (Lipinski definition) is 3. The van der Waals surface area contributed by atoms with Gasteiger partial charge >= 0.3 is 6.18 Å². The fraction of sp³-hybridized carbons (Fsp3) is 0.538. The van der Waals surface area contributed by atoms with E-state index in [4.69, 9.17) is 11.1 Å². The minimum atomic E-state index is -4.36. The predicted octanol–water partition coefficient (Wildman–Crippen LogP) is 2.64. The molecule has 1 aromatic rings. The summed E-state index contributed by atoms with van der Waals surface area (Å²) in [6.07, 6.45) is -2.11. The molecule has 0 amide bonds. The number of alkyl halides is 3. The van der Waals surface area contributed by atoms with Gasteiger partial charge in [-0.05, 0) is 25.0 Å². The van der Waals surface area contributed by atoms with Crippen LogP contribution in [0.4, 0.5) is 19.0 Å². The second kappa shape index (κ2) is 4.96. The van der Waals surface area contributed by atoms with Crippen molar-refractivity contribution in [2.24, 2.45) is 11.1 Å². The Balaban J connectivity index is 2.06. The normalized spacial score (nSPS) is 18.9. The van der Waals surface area contributed by atoms with E-state index in [1.165, 1.54) is 6.07 Å². The fourth-order valence-corrected chi connectivity index (χ4v) is 2.24. The molecule has 4 nitrogen and oxygen atoms in total. The first-order valence-electron chi connectivity index (χ1n) is 6.35. The molecule has 2 heterocycles. The second-order valence-corrected chi connectivity index (χ2v) is 5.36. The second-order valence-electron chi connectivity index (χ2n) is 5.36. The Morgan fingerprint density at radius 1 is 1.35 bits per heavy atom. The van der Waals surface area contributed by atoms with E-state index in [9.17, 15) is 13.2 Å². The van der Waals surface area contributed by atoms with Crippen molar-refractivity contribution < 1.29 is 13.2 Å². The number of aromatic nitrogens is 1. The Morgan fingerprint density at radius 3 is 2.35 bits per heavy atom. The number of amidine groups is 1. The van der Waals surface area contributed by atoms with Gasteiger partial charge in [-0.25, -0.2) is 4.98 Å². The van der Waals surface area contributed by atoms with Crippen molar-refractivity contribution >= 4 is 11.7 Å². The summed E-state index contributed by atoms with van der Waals surface area (Å²) in [6, 6.07) is 2.43. The number of rotatable bonds is 2. The zero-order valence-electron chi connectivity index (χ0n) is 11.2. The molecule has 0 unspecified atom stereocenters. The van der Waals surface area contributed by atoms with Crippen LogP contribution in [-0.4, -0.2) is 23.9 Å². The molecule has 0 radical (unpaired) electrons. The van der Waals surface area contributed by atoms with Crippen molar-refractivity contribution in [3.05, 3.63) is 23.9 Å². The van der Waals surface area contributed by atoms with E-state index >= 15 is 0 Å². The van der Waals surface area contributed by atoms with Crippen molar-refractivity contribution in [1.29, 1.82) is 5.41 Å². The molecule has 110 valence electrons. The first-order valence-corrected chi connectivity index (χ1v) is 6.35. The molecule has 2 rings (SSSR count). The summed E-state index contributed by atoms with van der Waals surface area (Å²) in [5.74, 6) is 0.695. The minimum Gasteiger partial charge on any atom is -0.387 e. The maximum Gasteiger partial charge on any atom is 0.417 e. The minimum absolute atomic E-state index is 0.164. The van der Waals surface area contributed by atoms with Gasteiger partial charge in [-0.15, -0.1) is 0 Å². The van der Waals surface area contributed by atoms with Crippen LogP contribution in [0.15, 0.2) is 18.3 Å². The molecule has 3 N–H and O–H groups in total. The third kappa shape index (κ3) is 2.86. The number of nitrogens with two attached hydrogens (primary N) is 1. The lowest BCUT2D eigenvalue weighted by atomic mass is 9.79. The fourth-order valence-electron chi connectivity index (χ4n) is 2.24. The Morgan fingerprint density at radius 2 is 1.95 bits per heavy atom. The molecule has 0 aromatic carbocycles.